The molecule has 0 bridgehead atoms. The number of hydrogen-bond donors (Lipinski definition) is 0. The Hall–Kier alpha value is -0.960. The number of halogens is 1. The van der Waals surface area contributed by atoms with Crippen LogP contribution < -0.4 is 0 Å². The monoisotopic (exact) mass is 201 g/mol. The molecule has 0 spiro atoms. The third kappa shape index (κ3) is 2.04. The lowest BCUT2D eigenvalue weighted by molar-refractivity contribution is 0.0754. The molecule has 4 heteroatoms. The smallest absolute Gasteiger partial charge is 0.258 e. The van der Waals surface area contributed by atoms with E-state index in [2.05, 4.69) is 0 Å². The van der Waals surface area contributed by atoms with Crippen LogP contribution in [-0.4, -0.2) is 23.9 Å². The summed E-state index contributed by atoms with van der Waals surface area (Å²) in [6.07, 6.45) is 1.41. The van der Waals surface area contributed by atoms with Crippen LogP contribution in [0.3, 0.4) is 0 Å². The zero-order valence-corrected chi connectivity index (χ0v) is 8.63. The van der Waals surface area contributed by atoms with Crippen molar-refractivity contribution in [2.45, 2.75) is 19.9 Å². The summed E-state index contributed by atoms with van der Waals surface area (Å²) in [5.74, 6) is -0.117. The van der Waals surface area contributed by atoms with Gasteiger partial charge in [-0.15, -0.1) is 0 Å². The molecule has 0 aliphatic rings. The first-order valence-electron chi connectivity index (χ1n) is 4.04. The average molecular weight is 202 g/mol. The topological polar surface area (TPSA) is 33.5 Å². The molecule has 0 fully saturated rings. The van der Waals surface area contributed by atoms with Crippen molar-refractivity contribution in [1.82, 2.24) is 4.90 Å². The number of rotatable bonds is 2. The van der Waals surface area contributed by atoms with Crippen LogP contribution in [0.2, 0.25) is 5.22 Å². The molecule has 0 saturated heterocycles. The summed E-state index contributed by atoms with van der Waals surface area (Å²) in [7, 11) is 1.73. The van der Waals surface area contributed by atoms with Gasteiger partial charge in [-0.25, -0.2) is 0 Å². The van der Waals surface area contributed by atoms with Crippen molar-refractivity contribution in [3.8, 4) is 0 Å². The van der Waals surface area contributed by atoms with Gasteiger partial charge in [0.05, 0.1) is 11.8 Å². The first kappa shape index (κ1) is 10.1. The quantitative estimate of drug-likeness (QED) is 0.736. The Labute approximate surface area is 82.3 Å². The zero-order valence-electron chi connectivity index (χ0n) is 7.87. The van der Waals surface area contributed by atoms with Crippen molar-refractivity contribution in [2.24, 2.45) is 0 Å². The Morgan fingerprint density at radius 2 is 2.23 bits per heavy atom. The Bertz CT molecular complexity index is 306. The van der Waals surface area contributed by atoms with Crippen LogP contribution in [0.1, 0.15) is 24.2 Å². The molecule has 0 aliphatic heterocycles. The summed E-state index contributed by atoms with van der Waals surface area (Å²) < 4.78 is 4.83. The van der Waals surface area contributed by atoms with Crippen LogP contribution in [0, 0.1) is 0 Å². The van der Waals surface area contributed by atoms with E-state index in [0.29, 0.717) is 5.56 Å². The second-order valence-corrected chi connectivity index (χ2v) is 3.46. The van der Waals surface area contributed by atoms with Gasteiger partial charge in [0.2, 0.25) is 5.22 Å². The van der Waals surface area contributed by atoms with E-state index in [9.17, 15) is 4.79 Å². The van der Waals surface area contributed by atoms with Crippen LogP contribution in [-0.2, 0) is 0 Å². The van der Waals surface area contributed by atoms with Crippen molar-refractivity contribution in [3.63, 3.8) is 0 Å². The van der Waals surface area contributed by atoms with E-state index in [-0.39, 0.29) is 17.2 Å². The Morgan fingerprint density at radius 3 is 2.62 bits per heavy atom. The molecule has 1 rings (SSSR count). The highest BCUT2D eigenvalue weighted by molar-refractivity contribution is 6.32. The zero-order chi connectivity index (χ0) is 10.0. The fraction of sp³-hybridized carbons (Fsp3) is 0.444. The minimum absolute atomic E-state index is 0.117. The molecule has 0 unspecified atom stereocenters. The minimum atomic E-state index is -0.117. The molecule has 0 saturated carbocycles. The molecule has 0 N–H and O–H groups in total. The predicted molar refractivity (Wildman–Crippen MR) is 50.9 cm³/mol. The van der Waals surface area contributed by atoms with Gasteiger partial charge in [-0.2, -0.15) is 0 Å². The largest absolute Gasteiger partial charge is 0.452 e. The molecule has 13 heavy (non-hydrogen) atoms. The number of carbonyl (C=O) groups is 1. The van der Waals surface area contributed by atoms with Gasteiger partial charge in [0, 0.05) is 13.1 Å². The Balaban J connectivity index is 2.86. The molecule has 0 aliphatic carbocycles. The van der Waals surface area contributed by atoms with Crippen LogP contribution in [0.25, 0.3) is 0 Å². The van der Waals surface area contributed by atoms with E-state index >= 15 is 0 Å². The molecular formula is C9H12ClNO2. The van der Waals surface area contributed by atoms with Gasteiger partial charge >= 0.3 is 0 Å². The lowest BCUT2D eigenvalue weighted by Crippen LogP contribution is -2.32. The maximum Gasteiger partial charge on any atom is 0.258 e. The number of hydrogen-bond acceptors (Lipinski definition) is 2. The van der Waals surface area contributed by atoms with Crippen molar-refractivity contribution in [2.75, 3.05) is 7.05 Å². The number of amides is 1. The molecule has 1 heterocycles. The van der Waals surface area contributed by atoms with Crippen LogP contribution >= 0.6 is 11.6 Å². The van der Waals surface area contributed by atoms with Gasteiger partial charge in [-0.1, -0.05) is 0 Å². The molecule has 0 radical (unpaired) electrons. The summed E-state index contributed by atoms with van der Waals surface area (Å²) in [4.78, 5) is 13.3. The lowest BCUT2D eigenvalue weighted by Gasteiger charge is -2.20. The van der Waals surface area contributed by atoms with E-state index in [1.807, 2.05) is 13.8 Å². The summed E-state index contributed by atoms with van der Waals surface area (Å²) in [6.45, 7) is 3.87. The second kappa shape index (κ2) is 3.83. The first-order chi connectivity index (χ1) is 6.04. The molecular weight excluding hydrogens is 190 g/mol. The highest BCUT2D eigenvalue weighted by Gasteiger charge is 2.18. The van der Waals surface area contributed by atoms with E-state index < -0.39 is 0 Å². The van der Waals surface area contributed by atoms with E-state index in [1.165, 1.54) is 6.26 Å². The van der Waals surface area contributed by atoms with Gasteiger partial charge in [-0.05, 0) is 31.5 Å². The van der Waals surface area contributed by atoms with Crippen molar-refractivity contribution in [3.05, 3.63) is 23.1 Å². The van der Waals surface area contributed by atoms with Crippen molar-refractivity contribution in [1.29, 1.82) is 0 Å². The van der Waals surface area contributed by atoms with E-state index in [0.717, 1.165) is 0 Å². The molecule has 72 valence electrons. The van der Waals surface area contributed by atoms with Gasteiger partial charge in [0.15, 0.2) is 0 Å². The Kier molecular flexibility index (Phi) is 2.98. The van der Waals surface area contributed by atoms with Crippen LogP contribution in [0.5, 0.6) is 0 Å². The second-order valence-electron chi connectivity index (χ2n) is 3.12. The van der Waals surface area contributed by atoms with E-state index in [4.69, 9.17) is 16.0 Å². The predicted octanol–water partition coefficient (Wildman–Crippen LogP) is 2.41. The molecule has 0 atom stereocenters. The summed E-state index contributed by atoms with van der Waals surface area (Å²) in [5.41, 5.74) is 0.415. The summed E-state index contributed by atoms with van der Waals surface area (Å²) in [6, 6.07) is 1.72. The SMILES string of the molecule is CC(C)N(C)C(=O)c1ccoc1Cl. The summed E-state index contributed by atoms with van der Waals surface area (Å²) in [5, 5.41) is 0.150. The van der Waals surface area contributed by atoms with Gasteiger partial charge < -0.3 is 9.32 Å². The third-order valence-electron chi connectivity index (χ3n) is 1.94. The highest BCUT2D eigenvalue weighted by Crippen LogP contribution is 2.18. The maximum atomic E-state index is 11.6. The van der Waals surface area contributed by atoms with Crippen LogP contribution in [0.15, 0.2) is 16.7 Å². The number of nitrogens with zero attached hydrogens (tertiary/aromatic N) is 1. The molecule has 1 aromatic rings. The summed E-state index contributed by atoms with van der Waals surface area (Å²) >= 11 is 5.67. The van der Waals surface area contributed by atoms with Crippen molar-refractivity contribution >= 4 is 17.5 Å². The van der Waals surface area contributed by atoms with Gasteiger partial charge in [0.1, 0.15) is 0 Å². The molecule has 1 aromatic heterocycles. The molecule has 3 nitrogen and oxygen atoms in total. The highest BCUT2D eigenvalue weighted by atomic mass is 35.5. The standard InChI is InChI=1S/C9H12ClNO2/c1-6(2)11(3)9(12)7-4-5-13-8(7)10/h4-6H,1-3H3. The van der Waals surface area contributed by atoms with Gasteiger partial charge in [-0.3, -0.25) is 4.79 Å². The normalized spacial score (nSPS) is 10.5. The fourth-order valence-electron chi connectivity index (χ4n) is 0.871. The van der Waals surface area contributed by atoms with E-state index in [1.54, 1.807) is 18.0 Å². The third-order valence-corrected chi connectivity index (χ3v) is 2.24. The number of carbonyl (C=O) groups excluding carboxylic acids is 1. The fourth-order valence-corrected chi connectivity index (χ4v) is 1.07. The minimum Gasteiger partial charge on any atom is -0.452 e. The first-order valence-corrected chi connectivity index (χ1v) is 4.42. The van der Waals surface area contributed by atoms with Gasteiger partial charge in [0.25, 0.3) is 5.91 Å². The molecule has 1 amide bonds. The van der Waals surface area contributed by atoms with Crippen molar-refractivity contribution < 1.29 is 9.21 Å². The average Bonchev–Trinajstić information content (AvgIpc) is 2.48. The lowest BCUT2D eigenvalue weighted by atomic mass is 10.2. The maximum absolute atomic E-state index is 11.6. The molecule has 0 aromatic carbocycles. The number of furan rings is 1. The Morgan fingerprint density at radius 1 is 1.62 bits per heavy atom. The van der Waals surface area contributed by atoms with Crippen LogP contribution in [0.4, 0.5) is 0 Å².